The summed E-state index contributed by atoms with van der Waals surface area (Å²) in [6, 6.07) is 9.16. The van der Waals surface area contributed by atoms with Gasteiger partial charge in [-0.1, -0.05) is 0 Å². The van der Waals surface area contributed by atoms with Gasteiger partial charge in [0.1, 0.15) is 11.6 Å². The number of hydrogen-bond donors (Lipinski definition) is 2. The Balaban J connectivity index is 0.00000300. The van der Waals surface area contributed by atoms with E-state index >= 15 is 0 Å². The molecule has 1 aliphatic heterocycles. The molecule has 0 radical (unpaired) electrons. The van der Waals surface area contributed by atoms with Gasteiger partial charge >= 0.3 is 0 Å². The Kier molecular flexibility index (Phi) is 8.70. The Labute approximate surface area is 175 Å². The second-order valence-corrected chi connectivity index (χ2v) is 6.74. The summed E-state index contributed by atoms with van der Waals surface area (Å²) >= 11 is 0. The van der Waals surface area contributed by atoms with Crippen molar-refractivity contribution in [2.45, 2.75) is 19.4 Å². The minimum absolute atomic E-state index is 0. The minimum Gasteiger partial charge on any atom is -0.493 e. The lowest BCUT2D eigenvalue weighted by atomic mass is 10.1. The van der Waals surface area contributed by atoms with E-state index in [2.05, 4.69) is 5.32 Å². The van der Waals surface area contributed by atoms with E-state index in [-0.39, 0.29) is 30.6 Å². The Hall–Kier alpha value is -2.35. The maximum atomic E-state index is 13.7. The summed E-state index contributed by atoms with van der Waals surface area (Å²) < 4.78 is 30.2. The molecule has 1 heterocycles. The molecule has 2 aromatic carbocycles. The van der Waals surface area contributed by atoms with E-state index in [1.54, 1.807) is 24.3 Å². The number of nitrogens with one attached hydrogen (secondary N) is 1. The number of ether oxygens (including phenoxy) is 3. The first kappa shape index (κ1) is 22.9. The number of halogens is 2. The standard InChI is InChI=1S/C21H25FN2O4.ClH/c1-26-19-3-2-16(21(25)24-6-4-14-5-7-27-13-14)10-20(19)28-18-9-15(12-23)8-17(22)11-18;/h2-3,8-11,14H,4-7,12-13,23H2,1H3,(H,24,25);1H. The van der Waals surface area contributed by atoms with Crippen molar-refractivity contribution < 1.29 is 23.4 Å². The van der Waals surface area contributed by atoms with Crippen LogP contribution in [0.15, 0.2) is 36.4 Å². The van der Waals surface area contributed by atoms with Gasteiger partial charge < -0.3 is 25.3 Å². The average molecular weight is 425 g/mol. The van der Waals surface area contributed by atoms with E-state index in [4.69, 9.17) is 19.9 Å². The number of carbonyl (C=O) groups is 1. The number of amides is 1. The molecule has 3 rings (SSSR count). The monoisotopic (exact) mass is 424 g/mol. The maximum absolute atomic E-state index is 13.7. The van der Waals surface area contributed by atoms with E-state index in [1.807, 2.05) is 0 Å². The zero-order chi connectivity index (χ0) is 19.9. The highest BCUT2D eigenvalue weighted by molar-refractivity contribution is 5.94. The highest BCUT2D eigenvalue weighted by Gasteiger charge is 2.16. The molecule has 1 atom stereocenters. The van der Waals surface area contributed by atoms with Gasteiger partial charge in [-0.05, 0) is 54.7 Å². The Morgan fingerprint density at radius 1 is 1.28 bits per heavy atom. The zero-order valence-electron chi connectivity index (χ0n) is 16.3. The summed E-state index contributed by atoms with van der Waals surface area (Å²) in [5.74, 6) is 0.915. The van der Waals surface area contributed by atoms with Crippen molar-refractivity contribution in [1.82, 2.24) is 5.32 Å². The average Bonchev–Trinajstić information content (AvgIpc) is 3.20. The smallest absolute Gasteiger partial charge is 0.251 e. The molecule has 2 aromatic rings. The number of nitrogens with two attached hydrogens (primary N) is 1. The van der Waals surface area contributed by atoms with Crippen molar-refractivity contribution >= 4 is 18.3 Å². The summed E-state index contributed by atoms with van der Waals surface area (Å²) in [5, 5.41) is 2.91. The third-order valence-electron chi connectivity index (χ3n) is 4.68. The topological polar surface area (TPSA) is 82.8 Å². The van der Waals surface area contributed by atoms with Crippen LogP contribution in [0.2, 0.25) is 0 Å². The van der Waals surface area contributed by atoms with E-state index < -0.39 is 5.82 Å². The van der Waals surface area contributed by atoms with Crippen LogP contribution >= 0.6 is 12.4 Å². The summed E-state index contributed by atoms with van der Waals surface area (Å²) in [5.41, 5.74) is 6.63. The molecule has 1 unspecified atom stereocenters. The SMILES string of the molecule is COc1ccc(C(=O)NCCC2CCOC2)cc1Oc1cc(F)cc(CN)c1.Cl. The molecule has 1 fully saturated rings. The normalized spacial score (nSPS) is 15.5. The molecular weight excluding hydrogens is 399 g/mol. The molecule has 0 aromatic heterocycles. The van der Waals surface area contributed by atoms with Gasteiger partial charge in [-0.2, -0.15) is 0 Å². The molecule has 29 heavy (non-hydrogen) atoms. The molecule has 8 heteroatoms. The number of methoxy groups -OCH3 is 1. The molecule has 1 amide bonds. The third kappa shape index (κ3) is 6.32. The number of carbonyl (C=O) groups excluding carboxylic acids is 1. The molecule has 1 saturated heterocycles. The van der Waals surface area contributed by atoms with Gasteiger partial charge in [0.2, 0.25) is 0 Å². The van der Waals surface area contributed by atoms with Crippen LogP contribution < -0.4 is 20.5 Å². The van der Waals surface area contributed by atoms with Gasteiger partial charge in [0.05, 0.1) is 7.11 Å². The van der Waals surface area contributed by atoms with Gasteiger partial charge in [-0.3, -0.25) is 4.79 Å². The van der Waals surface area contributed by atoms with E-state index in [1.165, 1.54) is 19.2 Å². The van der Waals surface area contributed by atoms with Crippen LogP contribution in [-0.2, 0) is 11.3 Å². The molecule has 0 aliphatic carbocycles. The summed E-state index contributed by atoms with van der Waals surface area (Å²) in [7, 11) is 1.50. The van der Waals surface area contributed by atoms with Crippen molar-refractivity contribution in [2.75, 3.05) is 26.9 Å². The molecule has 0 saturated carbocycles. The van der Waals surface area contributed by atoms with Crippen LogP contribution in [0.1, 0.15) is 28.8 Å². The lowest BCUT2D eigenvalue weighted by molar-refractivity contribution is 0.0950. The Bertz CT molecular complexity index is 828. The largest absolute Gasteiger partial charge is 0.493 e. The second-order valence-electron chi connectivity index (χ2n) is 6.74. The molecule has 0 bridgehead atoms. The maximum Gasteiger partial charge on any atom is 0.251 e. The van der Waals surface area contributed by atoms with Gasteiger partial charge in [-0.15, -0.1) is 12.4 Å². The molecule has 0 spiro atoms. The van der Waals surface area contributed by atoms with Crippen LogP contribution in [0.3, 0.4) is 0 Å². The fourth-order valence-corrected chi connectivity index (χ4v) is 3.13. The van der Waals surface area contributed by atoms with E-state index in [0.717, 1.165) is 26.1 Å². The molecule has 158 valence electrons. The summed E-state index contributed by atoms with van der Waals surface area (Å²) in [6.07, 6.45) is 1.92. The first-order valence-electron chi connectivity index (χ1n) is 9.30. The first-order valence-corrected chi connectivity index (χ1v) is 9.30. The van der Waals surface area contributed by atoms with E-state index in [9.17, 15) is 9.18 Å². The molecule has 3 N–H and O–H groups in total. The van der Waals surface area contributed by atoms with Gasteiger partial charge in [-0.25, -0.2) is 4.39 Å². The number of benzene rings is 2. The fraction of sp³-hybridized carbons (Fsp3) is 0.381. The van der Waals surface area contributed by atoms with Crippen molar-refractivity contribution in [2.24, 2.45) is 11.7 Å². The number of hydrogen-bond acceptors (Lipinski definition) is 5. The van der Waals surface area contributed by atoms with Crippen molar-refractivity contribution in [3.8, 4) is 17.2 Å². The molecule has 1 aliphatic rings. The highest BCUT2D eigenvalue weighted by Crippen LogP contribution is 2.33. The van der Waals surface area contributed by atoms with Crippen molar-refractivity contribution in [1.29, 1.82) is 0 Å². The predicted octanol–water partition coefficient (Wildman–Crippen LogP) is 3.66. The van der Waals surface area contributed by atoms with Crippen LogP contribution in [-0.4, -0.2) is 32.8 Å². The van der Waals surface area contributed by atoms with Crippen LogP contribution in [0.5, 0.6) is 17.2 Å². The summed E-state index contributed by atoms with van der Waals surface area (Å²) in [6.45, 7) is 2.33. The minimum atomic E-state index is -0.443. The quantitative estimate of drug-likeness (QED) is 0.675. The van der Waals surface area contributed by atoms with Gasteiger partial charge in [0.25, 0.3) is 5.91 Å². The zero-order valence-corrected chi connectivity index (χ0v) is 17.1. The molecule has 6 nitrogen and oxygen atoms in total. The van der Waals surface area contributed by atoms with E-state index in [0.29, 0.717) is 35.1 Å². The van der Waals surface area contributed by atoms with Crippen LogP contribution in [0.4, 0.5) is 4.39 Å². The first-order chi connectivity index (χ1) is 13.6. The Morgan fingerprint density at radius 2 is 2.10 bits per heavy atom. The van der Waals surface area contributed by atoms with Crippen molar-refractivity contribution in [3.63, 3.8) is 0 Å². The van der Waals surface area contributed by atoms with Crippen LogP contribution in [0, 0.1) is 11.7 Å². The van der Waals surface area contributed by atoms with Crippen molar-refractivity contribution in [3.05, 3.63) is 53.3 Å². The van der Waals surface area contributed by atoms with Gasteiger partial charge in [0, 0.05) is 37.9 Å². The highest BCUT2D eigenvalue weighted by atomic mass is 35.5. The molecular formula is C21H26ClFN2O4. The fourth-order valence-electron chi connectivity index (χ4n) is 3.13. The lowest BCUT2D eigenvalue weighted by Gasteiger charge is -2.13. The Morgan fingerprint density at radius 3 is 2.79 bits per heavy atom. The number of rotatable bonds is 8. The lowest BCUT2D eigenvalue weighted by Crippen LogP contribution is -2.26. The van der Waals surface area contributed by atoms with Crippen LogP contribution in [0.25, 0.3) is 0 Å². The third-order valence-corrected chi connectivity index (χ3v) is 4.68. The second kappa shape index (κ2) is 11.0. The van der Waals surface area contributed by atoms with Gasteiger partial charge in [0.15, 0.2) is 11.5 Å². The predicted molar refractivity (Wildman–Crippen MR) is 110 cm³/mol. The summed E-state index contributed by atoms with van der Waals surface area (Å²) in [4.78, 5) is 12.5.